The van der Waals surface area contributed by atoms with Gasteiger partial charge in [0.2, 0.25) is 5.88 Å². The second-order valence-corrected chi connectivity index (χ2v) is 5.30. The van der Waals surface area contributed by atoms with Gasteiger partial charge >= 0.3 is 0 Å². The fourth-order valence-corrected chi connectivity index (χ4v) is 1.93. The first kappa shape index (κ1) is 15.7. The average Bonchev–Trinajstić information content (AvgIpc) is 2.34. The first-order valence-corrected chi connectivity index (χ1v) is 7.37. The average molecular weight is 265 g/mol. The van der Waals surface area contributed by atoms with E-state index in [2.05, 4.69) is 29.1 Å². The topological polar surface area (TPSA) is 47.0 Å². The normalized spacial score (nSPS) is 12.5. The van der Waals surface area contributed by atoms with Crippen molar-refractivity contribution >= 4 is 5.82 Å². The third-order valence-electron chi connectivity index (χ3n) is 2.88. The van der Waals surface area contributed by atoms with Gasteiger partial charge in [0.25, 0.3) is 0 Å². The van der Waals surface area contributed by atoms with Crippen LogP contribution >= 0.6 is 0 Å². The van der Waals surface area contributed by atoms with Gasteiger partial charge in [0.1, 0.15) is 12.1 Å². The van der Waals surface area contributed by atoms with E-state index in [0.717, 1.165) is 5.82 Å². The minimum Gasteiger partial charge on any atom is -0.475 e. The van der Waals surface area contributed by atoms with Gasteiger partial charge in [-0.2, -0.15) is 0 Å². The maximum atomic E-state index is 5.56. The maximum absolute atomic E-state index is 5.56. The summed E-state index contributed by atoms with van der Waals surface area (Å²) < 4.78 is 5.56. The van der Waals surface area contributed by atoms with Gasteiger partial charge < -0.3 is 10.1 Å². The van der Waals surface area contributed by atoms with Crippen LogP contribution in [-0.4, -0.2) is 22.1 Å². The van der Waals surface area contributed by atoms with Crippen molar-refractivity contribution in [3.05, 3.63) is 12.4 Å². The molecule has 4 heteroatoms. The van der Waals surface area contributed by atoms with E-state index in [1.807, 2.05) is 19.9 Å². The second kappa shape index (κ2) is 8.73. The summed E-state index contributed by atoms with van der Waals surface area (Å²) in [4.78, 5) is 8.33. The molecule has 1 aromatic rings. The molecule has 0 radical (unpaired) electrons. The maximum Gasteiger partial charge on any atom is 0.218 e. The zero-order chi connectivity index (χ0) is 14.1. The molecule has 0 aliphatic heterocycles. The van der Waals surface area contributed by atoms with Crippen LogP contribution in [0.15, 0.2) is 12.4 Å². The molecule has 0 saturated heterocycles. The summed E-state index contributed by atoms with van der Waals surface area (Å²) >= 11 is 0. The molecule has 1 atom stereocenters. The first-order valence-electron chi connectivity index (χ1n) is 7.37. The molecule has 0 saturated carbocycles. The van der Waals surface area contributed by atoms with E-state index in [-0.39, 0.29) is 6.10 Å². The Bertz CT molecular complexity index is 355. The summed E-state index contributed by atoms with van der Waals surface area (Å²) in [5, 5.41) is 3.40. The highest BCUT2D eigenvalue weighted by Gasteiger charge is 2.05. The fourth-order valence-electron chi connectivity index (χ4n) is 1.93. The standard InChI is InChI=1S/C15H27N3O/c1-5-6-7-8-9-13(4)18-14-10-15(17-11-16-14)19-12(2)3/h10-13H,5-9H2,1-4H3,(H,16,17,18). The lowest BCUT2D eigenvalue weighted by Crippen LogP contribution is -2.16. The molecule has 108 valence electrons. The molecule has 0 amide bonds. The molecule has 1 aromatic heterocycles. The number of hydrogen-bond acceptors (Lipinski definition) is 4. The van der Waals surface area contributed by atoms with Gasteiger partial charge in [-0.3, -0.25) is 0 Å². The van der Waals surface area contributed by atoms with Gasteiger partial charge in [-0.1, -0.05) is 32.6 Å². The first-order chi connectivity index (χ1) is 9.11. The zero-order valence-electron chi connectivity index (χ0n) is 12.6. The van der Waals surface area contributed by atoms with Crippen molar-refractivity contribution in [3.63, 3.8) is 0 Å². The number of rotatable bonds is 9. The van der Waals surface area contributed by atoms with E-state index in [1.165, 1.54) is 32.1 Å². The summed E-state index contributed by atoms with van der Waals surface area (Å²) in [6.45, 7) is 8.41. The Balaban J connectivity index is 2.38. The number of anilines is 1. The van der Waals surface area contributed by atoms with Crippen molar-refractivity contribution < 1.29 is 4.74 Å². The summed E-state index contributed by atoms with van der Waals surface area (Å²) in [6, 6.07) is 2.29. The number of aromatic nitrogens is 2. The van der Waals surface area contributed by atoms with E-state index in [9.17, 15) is 0 Å². The Labute approximate surface area is 117 Å². The van der Waals surface area contributed by atoms with E-state index in [4.69, 9.17) is 4.74 Å². The van der Waals surface area contributed by atoms with Crippen LogP contribution in [0.5, 0.6) is 5.88 Å². The molecule has 4 nitrogen and oxygen atoms in total. The number of hydrogen-bond donors (Lipinski definition) is 1. The molecule has 1 N–H and O–H groups in total. The largest absolute Gasteiger partial charge is 0.475 e. The molecular weight excluding hydrogens is 238 g/mol. The molecule has 0 aromatic carbocycles. The molecule has 1 unspecified atom stereocenters. The van der Waals surface area contributed by atoms with E-state index >= 15 is 0 Å². The highest BCUT2D eigenvalue weighted by atomic mass is 16.5. The van der Waals surface area contributed by atoms with Crippen LogP contribution in [0.1, 0.15) is 59.8 Å². The summed E-state index contributed by atoms with van der Waals surface area (Å²) in [6.07, 6.45) is 8.04. The van der Waals surface area contributed by atoms with Gasteiger partial charge in [-0.05, 0) is 27.2 Å². The molecular formula is C15H27N3O. The molecule has 1 rings (SSSR count). The van der Waals surface area contributed by atoms with Gasteiger partial charge in [-0.25, -0.2) is 9.97 Å². The van der Waals surface area contributed by atoms with Crippen LogP contribution in [0.2, 0.25) is 0 Å². The fraction of sp³-hybridized carbons (Fsp3) is 0.733. The predicted octanol–water partition coefficient (Wildman–Crippen LogP) is 4.03. The minimum atomic E-state index is 0.134. The lowest BCUT2D eigenvalue weighted by molar-refractivity contribution is 0.232. The van der Waals surface area contributed by atoms with Crippen LogP contribution in [0.4, 0.5) is 5.82 Å². The number of nitrogens with zero attached hydrogens (tertiary/aromatic N) is 2. The minimum absolute atomic E-state index is 0.134. The molecule has 1 heterocycles. The molecule has 0 spiro atoms. The van der Waals surface area contributed by atoms with Crippen LogP contribution in [0.25, 0.3) is 0 Å². The third-order valence-corrected chi connectivity index (χ3v) is 2.88. The van der Waals surface area contributed by atoms with E-state index in [0.29, 0.717) is 11.9 Å². The lowest BCUT2D eigenvalue weighted by atomic mass is 10.1. The second-order valence-electron chi connectivity index (χ2n) is 5.30. The Hall–Kier alpha value is -1.32. The SMILES string of the molecule is CCCCCCC(C)Nc1cc(OC(C)C)ncn1. The van der Waals surface area contributed by atoms with Crippen molar-refractivity contribution in [2.45, 2.75) is 71.9 Å². The number of ether oxygens (including phenoxy) is 1. The summed E-state index contributed by atoms with van der Waals surface area (Å²) in [5.74, 6) is 1.47. The van der Waals surface area contributed by atoms with Crippen LogP contribution < -0.4 is 10.1 Å². The Morgan fingerprint density at radius 1 is 1.16 bits per heavy atom. The van der Waals surface area contributed by atoms with Crippen LogP contribution in [0, 0.1) is 0 Å². The number of nitrogens with one attached hydrogen (secondary N) is 1. The monoisotopic (exact) mass is 265 g/mol. The number of unbranched alkanes of at least 4 members (excludes halogenated alkanes) is 3. The molecule has 0 aliphatic rings. The van der Waals surface area contributed by atoms with Gasteiger partial charge in [0, 0.05) is 12.1 Å². The highest BCUT2D eigenvalue weighted by molar-refractivity contribution is 5.37. The van der Waals surface area contributed by atoms with Crippen molar-refractivity contribution in [1.29, 1.82) is 0 Å². The summed E-state index contributed by atoms with van der Waals surface area (Å²) in [5.41, 5.74) is 0. The highest BCUT2D eigenvalue weighted by Crippen LogP contribution is 2.15. The van der Waals surface area contributed by atoms with Gasteiger partial charge in [0.05, 0.1) is 6.10 Å². The Morgan fingerprint density at radius 3 is 2.63 bits per heavy atom. The molecule has 0 fully saturated rings. The van der Waals surface area contributed by atoms with Gasteiger partial charge in [-0.15, -0.1) is 0 Å². The van der Waals surface area contributed by atoms with E-state index in [1.54, 1.807) is 6.33 Å². The molecule has 0 aliphatic carbocycles. The Kier molecular flexibility index (Phi) is 7.23. The smallest absolute Gasteiger partial charge is 0.218 e. The predicted molar refractivity (Wildman–Crippen MR) is 79.6 cm³/mol. The Morgan fingerprint density at radius 2 is 1.95 bits per heavy atom. The quantitative estimate of drug-likeness (QED) is 0.685. The van der Waals surface area contributed by atoms with Gasteiger partial charge in [0.15, 0.2) is 0 Å². The van der Waals surface area contributed by atoms with Crippen molar-refractivity contribution in [2.24, 2.45) is 0 Å². The van der Waals surface area contributed by atoms with Crippen molar-refractivity contribution in [3.8, 4) is 5.88 Å². The van der Waals surface area contributed by atoms with E-state index < -0.39 is 0 Å². The third kappa shape index (κ3) is 6.99. The van der Waals surface area contributed by atoms with Crippen LogP contribution in [-0.2, 0) is 0 Å². The van der Waals surface area contributed by atoms with Crippen molar-refractivity contribution in [1.82, 2.24) is 9.97 Å². The zero-order valence-corrected chi connectivity index (χ0v) is 12.6. The molecule has 19 heavy (non-hydrogen) atoms. The van der Waals surface area contributed by atoms with Crippen molar-refractivity contribution in [2.75, 3.05) is 5.32 Å². The lowest BCUT2D eigenvalue weighted by Gasteiger charge is -2.15. The molecule has 0 bridgehead atoms. The van der Waals surface area contributed by atoms with Crippen LogP contribution in [0.3, 0.4) is 0 Å². The summed E-state index contributed by atoms with van der Waals surface area (Å²) in [7, 11) is 0.